The van der Waals surface area contributed by atoms with Gasteiger partial charge in [-0.2, -0.15) is 0 Å². The molecule has 0 atom stereocenters. The van der Waals surface area contributed by atoms with Crippen LogP contribution in [0.3, 0.4) is 0 Å². The van der Waals surface area contributed by atoms with E-state index in [1.807, 2.05) is 30.3 Å². The summed E-state index contributed by atoms with van der Waals surface area (Å²) in [6.07, 6.45) is 0.476. The minimum absolute atomic E-state index is 0.0776. The van der Waals surface area contributed by atoms with Gasteiger partial charge in [-0.1, -0.05) is 36.4 Å². The lowest BCUT2D eigenvalue weighted by Gasteiger charge is -2.06. The monoisotopic (exact) mass is 228 g/mol. The van der Waals surface area contributed by atoms with E-state index in [4.69, 9.17) is 5.73 Å². The molecular formula is C13H12N2O2. The van der Waals surface area contributed by atoms with E-state index < -0.39 is 4.92 Å². The Labute approximate surface area is 98.8 Å². The fourth-order valence-corrected chi connectivity index (χ4v) is 1.76. The zero-order valence-electron chi connectivity index (χ0n) is 9.17. The number of benzene rings is 2. The molecule has 2 aromatic carbocycles. The van der Waals surface area contributed by atoms with Crippen LogP contribution in [0.2, 0.25) is 0 Å². The molecule has 0 unspecified atom stereocenters. The van der Waals surface area contributed by atoms with Gasteiger partial charge in [-0.3, -0.25) is 10.1 Å². The predicted molar refractivity (Wildman–Crippen MR) is 66.8 cm³/mol. The van der Waals surface area contributed by atoms with Crippen molar-refractivity contribution in [3.05, 3.63) is 69.8 Å². The summed E-state index contributed by atoms with van der Waals surface area (Å²) >= 11 is 0. The molecule has 86 valence electrons. The van der Waals surface area contributed by atoms with Crippen molar-refractivity contribution < 1.29 is 4.92 Å². The van der Waals surface area contributed by atoms with E-state index in [9.17, 15) is 10.1 Å². The maximum atomic E-state index is 10.9. The molecule has 0 aliphatic rings. The molecular weight excluding hydrogens is 216 g/mol. The number of nitrogens with zero attached hydrogens (tertiary/aromatic N) is 1. The summed E-state index contributed by atoms with van der Waals surface area (Å²) in [5.41, 5.74) is 7.92. The van der Waals surface area contributed by atoms with E-state index in [2.05, 4.69) is 0 Å². The van der Waals surface area contributed by atoms with E-state index in [1.165, 1.54) is 6.07 Å². The van der Waals surface area contributed by atoms with Crippen LogP contribution < -0.4 is 5.73 Å². The Kier molecular flexibility index (Phi) is 3.05. The number of nitro groups is 1. The Morgan fingerprint density at radius 2 is 1.76 bits per heavy atom. The van der Waals surface area contributed by atoms with Crippen LogP contribution in [0.15, 0.2) is 48.5 Å². The first-order chi connectivity index (χ1) is 8.18. The number of rotatable bonds is 3. The zero-order chi connectivity index (χ0) is 12.3. The van der Waals surface area contributed by atoms with E-state index in [1.54, 1.807) is 12.1 Å². The van der Waals surface area contributed by atoms with Crippen LogP contribution in [0.1, 0.15) is 11.1 Å². The summed E-state index contributed by atoms with van der Waals surface area (Å²) in [7, 11) is 0. The van der Waals surface area contributed by atoms with E-state index in [0.717, 1.165) is 5.56 Å². The first-order valence-corrected chi connectivity index (χ1v) is 5.24. The Morgan fingerprint density at radius 3 is 2.41 bits per heavy atom. The van der Waals surface area contributed by atoms with Gasteiger partial charge in [0.15, 0.2) is 0 Å². The lowest BCUT2D eigenvalue weighted by molar-refractivity contribution is -0.385. The number of anilines is 1. The molecule has 4 heteroatoms. The zero-order valence-corrected chi connectivity index (χ0v) is 9.17. The van der Waals surface area contributed by atoms with Gasteiger partial charge in [0, 0.05) is 18.2 Å². The molecule has 0 aliphatic carbocycles. The summed E-state index contributed by atoms with van der Waals surface area (Å²) in [6.45, 7) is 0. The van der Waals surface area contributed by atoms with Gasteiger partial charge < -0.3 is 5.73 Å². The first-order valence-electron chi connectivity index (χ1n) is 5.24. The molecule has 0 bridgehead atoms. The van der Waals surface area contributed by atoms with Crippen molar-refractivity contribution in [2.24, 2.45) is 0 Å². The van der Waals surface area contributed by atoms with Gasteiger partial charge in [-0.25, -0.2) is 0 Å². The highest BCUT2D eigenvalue weighted by atomic mass is 16.6. The summed E-state index contributed by atoms with van der Waals surface area (Å²) < 4.78 is 0. The van der Waals surface area contributed by atoms with Crippen molar-refractivity contribution in [2.45, 2.75) is 6.42 Å². The number of hydrogen-bond donors (Lipinski definition) is 1. The van der Waals surface area contributed by atoms with Crippen molar-refractivity contribution >= 4 is 11.4 Å². The molecule has 0 radical (unpaired) electrons. The van der Waals surface area contributed by atoms with E-state index in [-0.39, 0.29) is 5.69 Å². The maximum Gasteiger partial charge on any atom is 0.274 e. The fourth-order valence-electron chi connectivity index (χ4n) is 1.76. The Bertz CT molecular complexity index is 538. The topological polar surface area (TPSA) is 69.2 Å². The average Bonchev–Trinajstić information content (AvgIpc) is 2.33. The third-order valence-electron chi connectivity index (χ3n) is 2.61. The summed E-state index contributed by atoms with van der Waals surface area (Å²) in [5.74, 6) is 0. The Balaban J connectivity index is 2.41. The molecule has 0 saturated heterocycles. The first kappa shape index (κ1) is 11.1. The second-order valence-electron chi connectivity index (χ2n) is 3.76. The van der Waals surface area contributed by atoms with Gasteiger partial charge in [0.25, 0.3) is 5.69 Å². The highest BCUT2D eigenvalue weighted by molar-refractivity contribution is 5.59. The normalized spacial score (nSPS) is 10.1. The molecule has 0 amide bonds. The molecule has 4 nitrogen and oxygen atoms in total. The molecule has 2 rings (SSSR count). The van der Waals surface area contributed by atoms with Crippen LogP contribution in [0, 0.1) is 10.1 Å². The Morgan fingerprint density at radius 1 is 1.06 bits per heavy atom. The van der Waals surface area contributed by atoms with Crippen molar-refractivity contribution in [3.63, 3.8) is 0 Å². The van der Waals surface area contributed by atoms with Crippen molar-refractivity contribution in [1.29, 1.82) is 0 Å². The van der Waals surface area contributed by atoms with Gasteiger partial charge in [0.2, 0.25) is 0 Å². The second-order valence-corrected chi connectivity index (χ2v) is 3.76. The largest absolute Gasteiger partial charge is 0.398 e. The highest BCUT2D eigenvalue weighted by Crippen LogP contribution is 2.26. The quantitative estimate of drug-likeness (QED) is 0.499. The van der Waals surface area contributed by atoms with E-state index >= 15 is 0 Å². The third kappa shape index (κ3) is 2.42. The van der Waals surface area contributed by atoms with Crippen LogP contribution in [0.4, 0.5) is 11.4 Å². The number of hydrogen-bond acceptors (Lipinski definition) is 3. The van der Waals surface area contributed by atoms with Crippen LogP contribution in [0.25, 0.3) is 0 Å². The standard InChI is InChI=1S/C13H12N2O2/c14-12-7-4-8-13(15(16)17)11(12)9-10-5-2-1-3-6-10/h1-8H,9,14H2. The minimum atomic E-state index is -0.394. The number of nitrogen functional groups attached to an aromatic ring is 1. The molecule has 0 aliphatic heterocycles. The maximum absolute atomic E-state index is 10.9. The lowest BCUT2D eigenvalue weighted by Crippen LogP contribution is -2.01. The van der Waals surface area contributed by atoms with Crippen LogP contribution in [-0.4, -0.2) is 4.92 Å². The van der Waals surface area contributed by atoms with Gasteiger partial charge in [-0.05, 0) is 11.6 Å². The summed E-state index contributed by atoms with van der Waals surface area (Å²) in [5, 5.41) is 10.9. The predicted octanol–water partition coefficient (Wildman–Crippen LogP) is 2.77. The minimum Gasteiger partial charge on any atom is -0.398 e. The van der Waals surface area contributed by atoms with Gasteiger partial charge >= 0.3 is 0 Å². The SMILES string of the molecule is Nc1cccc([N+](=O)[O-])c1Cc1ccccc1. The van der Waals surface area contributed by atoms with Gasteiger partial charge in [0.1, 0.15) is 0 Å². The molecule has 0 heterocycles. The summed E-state index contributed by atoms with van der Waals surface area (Å²) in [6, 6.07) is 14.3. The molecule has 2 N–H and O–H groups in total. The number of nitro benzene ring substituents is 1. The molecule has 17 heavy (non-hydrogen) atoms. The average molecular weight is 228 g/mol. The van der Waals surface area contributed by atoms with Gasteiger partial charge in [-0.15, -0.1) is 0 Å². The van der Waals surface area contributed by atoms with Crippen LogP contribution in [0.5, 0.6) is 0 Å². The molecule has 0 fully saturated rings. The molecule has 0 spiro atoms. The lowest BCUT2D eigenvalue weighted by atomic mass is 10.0. The van der Waals surface area contributed by atoms with Crippen LogP contribution >= 0.6 is 0 Å². The molecule has 2 aromatic rings. The molecule has 0 saturated carbocycles. The Hall–Kier alpha value is -2.36. The smallest absolute Gasteiger partial charge is 0.274 e. The number of nitrogens with two attached hydrogens (primary N) is 1. The van der Waals surface area contributed by atoms with Crippen LogP contribution in [-0.2, 0) is 6.42 Å². The molecule has 0 aromatic heterocycles. The summed E-state index contributed by atoms with van der Waals surface area (Å²) in [4.78, 5) is 10.5. The second kappa shape index (κ2) is 4.65. The fraction of sp³-hybridized carbons (Fsp3) is 0.0769. The van der Waals surface area contributed by atoms with Crippen molar-refractivity contribution in [3.8, 4) is 0 Å². The van der Waals surface area contributed by atoms with Crippen molar-refractivity contribution in [2.75, 3.05) is 5.73 Å². The highest BCUT2D eigenvalue weighted by Gasteiger charge is 2.15. The van der Waals surface area contributed by atoms with E-state index in [0.29, 0.717) is 17.7 Å². The third-order valence-corrected chi connectivity index (χ3v) is 2.61. The van der Waals surface area contributed by atoms with Crippen molar-refractivity contribution in [1.82, 2.24) is 0 Å². The van der Waals surface area contributed by atoms with Gasteiger partial charge in [0.05, 0.1) is 10.5 Å².